The zero-order chi connectivity index (χ0) is 25.8. The molecule has 2 atom stereocenters. The third-order valence-corrected chi connectivity index (χ3v) is 7.83. The first-order chi connectivity index (χ1) is 16.5. The molecule has 0 fully saturated rings. The van der Waals surface area contributed by atoms with E-state index in [2.05, 4.69) is 0 Å². The molecular weight excluding hydrogens is 468 g/mol. The normalized spacial score (nSPS) is 14.0. The van der Waals surface area contributed by atoms with Crippen LogP contribution in [0.3, 0.4) is 0 Å². The van der Waals surface area contributed by atoms with Crippen LogP contribution in [-0.2, 0) is 15.8 Å². The van der Waals surface area contributed by atoms with E-state index in [1.807, 2.05) is 51.1 Å². The van der Waals surface area contributed by atoms with E-state index < -0.39 is 32.0 Å². The molecule has 0 aliphatic rings. The molecule has 1 unspecified atom stereocenters. The number of halogens is 1. The standard InChI is InChI=1S/C27H31FNO5P/c1-17(2)26-23(13-14-35(33,34)16-22(30)15-24(31)32)25(19-9-11-21(28)12-10-19)18(3)27(29-26)20-7-5-4-6-8-20/h4-12,17,22,30H,13-16H2,1-3H3,(H,31,32)(H,33,34)/t22-/m0/s1. The highest BCUT2D eigenvalue weighted by Crippen LogP contribution is 2.44. The topological polar surface area (TPSA) is 108 Å². The molecule has 0 radical (unpaired) electrons. The Kier molecular flexibility index (Phi) is 8.60. The lowest BCUT2D eigenvalue weighted by molar-refractivity contribution is -0.138. The van der Waals surface area contributed by atoms with Gasteiger partial charge in [-0.05, 0) is 53.6 Å². The molecule has 6 nitrogen and oxygen atoms in total. The van der Waals surface area contributed by atoms with Gasteiger partial charge in [-0.3, -0.25) is 14.3 Å². The molecule has 3 rings (SSSR count). The number of hydrogen-bond donors (Lipinski definition) is 3. The van der Waals surface area contributed by atoms with Crippen LogP contribution in [0.25, 0.3) is 22.4 Å². The van der Waals surface area contributed by atoms with Crippen LogP contribution < -0.4 is 0 Å². The van der Waals surface area contributed by atoms with Gasteiger partial charge in [0.25, 0.3) is 0 Å². The molecule has 1 aromatic heterocycles. The third-order valence-electron chi connectivity index (χ3n) is 5.92. The fraction of sp³-hybridized carbons (Fsp3) is 0.333. The highest BCUT2D eigenvalue weighted by atomic mass is 31.2. The summed E-state index contributed by atoms with van der Waals surface area (Å²) < 4.78 is 26.6. The summed E-state index contributed by atoms with van der Waals surface area (Å²) in [5, 5.41) is 18.8. The van der Waals surface area contributed by atoms with Crippen LogP contribution in [0.1, 0.15) is 43.0 Å². The first-order valence-corrected chi connectivity index (χ1v) is 13.6. The zero-order valence-electron chi connectivity index (χ0n) is 20.1. The van der Waals surface area contributed by atoms with E-state index in [4.69, 9.17) is 10.1 Å². The second-order valence-corrected chi connectivity index (χ2v) is 11.6. The van der Waals surface area contributed by atoms with Gasteiger partial charge in [0.05, 0.1) is 24.4 Å². The number of rotatable bonds is 10. The average molecular weight is 500 g/mol. The summed E-state index contributed by atoms with van der Waals surface area (Å²) in [6.45, 7) is 5.94. The van der Waals surface area contributed by atoms with Crippen molar-refractivity contribution in [2.45, 2.75) is 45.6 Å². The zero-order valence-corrected chi connectivity index (χ0v) is 21.0. The first-order valence-electron chi connectivity index (χ1n) is 11.5. The molecule has 3 N–H and O–H groups in total. The lowest BCUT2D eigenvalue weighted by Crippen LogP contribution is -2.19. The van der Waals surface area contributed by atoms with Crippen molar-refractivity contribution >= 4 is 13.3 Å². The summed E-state index contributed by atoms with van der Waals surface area (Å²) in [6.07, 6.45) is -2.41. The number of hydrogen-bond acceptors (Lipinski definition) is 4. The van der Waals surface area contributed by atoms with Gasteiger partial charge in [-0.2, -0.15) is 0 Å². The van der Waals surface area contributed by atoms with Crippen molar-refractivity contribution in [1.29, 1.82) is 0 Å². The SMILES string of the molecule is Cc1c(-c2ccccc2)nc(C(C)C)c(CCP(=O)(O)C[C@@H](O)CC(=O)O)c1-c1ccc(F)cc1. The number of carboxylic acid groups (broad SMARTS) is 1. The van der Waals surface area contributed by atoms with Crippen LogP contribution in [-0.4, -0.2) is 44.5 Å². The molecule has 186 valence electrons. The minimum absolute atomic E-state index is 0.00272. The number of aromatic nitrogens is 1. The Balaban J connectivity index is 2.12. The summed E-state index contributed by atoms with van der Waals surface area (Å²) in [5.74, 6) is -1.58. The number of nitrogens with zero attached hydrogens (tertiary/aromatic N) is 1. The minimum atomic E-state index is -3.83. The van der Waals surface area contributed by atoms with Gasteiger partial charge in [0, 0.05) is 17.4 Å². The largest absolute Gasteiger partial charge is 0.481 e. The van der Waals surface area contributed by atoms with Crippen molar-refractivity contribution in [2.75, 3.05) is 12.3 Å². The summed E-state index contributed by atoms with van der Waals surface area (Å²) in [6, 6.07) is 15.9. The van der Waals surface area contributed by atoms with Crippen molar-refractivity contribution in [2.24, 2.45) is 0 Å². The maximum Gasteiger partial charge on any atom is 0.305 e. The van der Waals surface area contributed by atoms with Gasteiger partial charge in [0.15, 0.2) is 0 Å². The Morgan fingerprint density at radius 2 is 1.69 bits per heavy atom. The molecule has 2 aromatic carbocycles. The maximum absolute atomic E-state index is 13.7. The number of pyridine rings is 1. The Labute approximate surface area is 205 Å². The lowest BCUT2D eigenvalue weighted by atomic mass is 9.87. The summed E-state index contributed by atoms with van der Waals surface area (Å²) in [7, 11) is -3.83. The van der Waals surface area contributed by atoms with Crippen LogP contribution in [0, 0.1) is 12.7 Å². The van der Waals surface area contributed by atoms with Gasteiger partial charge < -0.3 is 15.1 Å². The minimum Gasteiger partial charge on any atom is -0.481 e. The highest BCUT2D eigenvalue weighted by Gasteiger charge is 2.27. The molecule has 1 heterocycles. The van der Waals surface area contributed by atoms with Crippen molar-refractivity contribution < 1.29 is 28.9 Å². The number of aliphatic hydroxyl groups excluding tert-OH is 1. The van der Waals surface area contributed by atoms with Crippen LogP contribution in [0.5, 0.6) is 0 Å². The van der Waals surface area contributed by atoms with Crippen molar-refractivity contribution in [3.63, 3.8) is 0 Å². The van der Waals surface area contributed by atoms with E-state index in [1.165, 1.54) is 12.1 Å². The van der Waals surface area contributed by atoms with E-state index in [-0.39, 0.29) is 24.3 Å². The second kappa shape index (κ2) is 11.3. The second-order valence-electron chi connectivity index (χ2n) is 9.11. The van der Waals surface area contributed by atoms with Crippen LogP contribution >= 0.6 is 7.37 Å². The van der Waals surface area contributed by atoms with Crippen molar-refractivity contribution in [3.8, 4) is 22.4 Å². The lowest BCUT2D eigenvalue weighted by Gasteiger charge is -2.23. The van der Waals surface area contributed by atoms with E-state index in [9.17, 15) is 23.7 Å². The van der Waals surface area contributed by atoms with Crippen molar-refractivity contribution in [3.05, 3.63) is 77.2 Å². The first kappa shape index (κ1) is 26.7. The van der Waals surface area contributed by atoms with Crippen LogP contribution in [0.2, 0.25) is 0 Å². The summed E-state index contributed by atoms with van der Waals surface area (Å²) in [4.78, 5) is 26.3. The molecule has 0 saturated carbocycles. The molecule has 8 heteroatoms. The molecule has 35 heavy (non-hydrogen) atoms. The predicted molar refractivity (Wildman–Crippen MR) is 135 cm³/mol. The Morgan fingerprint density at radius 3 is 2.26 bits per heavy atom. The quantitative estimate of drug-likeness (QED) is 0.312. The number of benzene rings is 2. The van der Waals surface area contributed by atoms with E-state index in [0.717, 1.165) is 39.2 Å². The Morgan fingerprint density at radius 1 is 1.06 bits per heavy atom. The van der Waals surface area contributed by atoms with Crippen LogP contribution in [0.15, 0.2) is 54.6 Å². The molecule has 0 saturated heterocycles. The van der Waals surface area contributed by atoms with Gasteiger partial charge in [0.1, 0.15) is 5.82 Å². The van der Waals surface area contributed by atoms with E-state index in [1.54, 1.807) is 12.1 Å². The number of carbonyl (C=O) groups is 1. The molecule has 0 aliphatic carbocycles. The smallest absolute Gasteiger partial charge is 0.305 e. The predicted octanol–water partition coefficient (Wildman–Crippen LogP) is 5.64. The maximum atomic E-state index is 13.7. The van der Waals surface area contributed by atoms with Gasteiger partial charge in [0.2, 0.25) is 7.37 Å². The fourth-order valence-electron chi connectivity index (χ4n) is 4.33. The monoisotopic (exact) mass is 499 g/mol. The van der Waals surface area contributed by atoms with E-state index >= 15 is 0 Å². The fourth-order valence-corrected chi connectivity index (χ4v) is 5.88. The number of aliphatic hydroxyl groups is 1. The highest BCUT2D eigenvalue weighted by molar-refractivity contribution is 7.58. The van der Waals surface area contributed by atoms with Gasteiger partial charge in [-0.15, -0.1) is 0 Å². The molecule has 0 aliphatic heterocycles. The van der Waals surface area contributed by atoms with Crippen LogP contribution in [0.4, 0.5) is 4.39 Å². The Bertz CT molecular complexity index is 1230. The number of carboxylic acids is 1. The molecular formula is C27H31FNO5P. The molecule has 0 amide bonds. The third kappa shape index (κ3) is 6.85. The molecule has 0 bridgehead atoms. The summed E-state index contributed by atoms with van der Waals surface area (Å²) in [5.41, 5.74) is 5.80. The van der Waals surface area contributed by atoms with E-state index in [0.29, 0.717) is 0 Å². The average Bonchev–Trinajstić information content (AvgIpc) is 2.78. The van der Waals surface area contributed by atoms with Gasteiger partial charge in [-0.25, -0.2) is 4.39 Å². The Hall–Kier alpha value is -2.86. The molecule has 3 aromatic rings. The summed E-state index contributed by atoms with van der Waals surface area (Å²) >= 11 is 0. The molecule has 0 spiro atoms. The number of aliphatic carboxylic acids is 1. The van der Waals surface area contributed by atoms with Gasteiger partial charge >= 0.3 is 5.97 Å². The van der Waals surface area contributed by atoms with Crippen molar-refractivity contribution in [1.82, 2.24) is 4.98 Å². The van der Waals surface area contributed by atoms with Gasteiger partial charge in [-0.1, -0.05) is 56.3 Å².